The van der Waals surface area contributed by atoms with Crippen molar-refractivity contribution in [3.63, 3.8) is 0 Å². The number of piperidine rings is 1. The maximum Gasteiger partial charge on any atom is 0.261 e. The van der Waals surface area contributed by atoms with E-state index in [4.69, 9.17) is 0 Å². The summed E-state index contributed by atoms with van der Waals surface area (Å²) in [5, 5.41) is 6.19. The van der Waals surface area contributed by atoms with E-state index >= 15 is 0 Å². The predicted molar refractivity (Wildman–Crippen MR) is 96.8 cm³/mol. The highest BCUT2D eigenvalue weighted by atomic mass is 35.5. The van der Waals surface area contributed by atoms with Gasteiger partial charge < -0.3 is 10.6 Å². The summed E-state index contributed by atoms with van der Waals surface area (Å²) in [7, 11) is -3.56. The first-order valence-electron chi connectivity index (χ1n) is 7.49. The lowest BCUT2D eigenvalue weighted by atomic mass is 10.1. The molecule has 8 heteroatoms. The van der Waals surface area contributed by atoms with E-state index in [1.807, 2.05) is 0 Å². The van der Waals surface area contributed by atoms with Gasteiger partial charge in [0.05, 0.1) is 9.77 Å². The summed E-state index contributed by atoms with van der Waals surface area (Å²) >= 11 is 1.01. The highest BCUT2D eigenvalue weighted by Gasteiger charge is 2.22. The molecule has 1 amide bonds. The SMILES string of the molecule is Cl.O=C(NC1CCCNC1)c1ccc(S(=O)(=O)c2ccccc2)s1. The van der Waals surface area contributed by atoms with Crippen LogP contribution in [0.3, 0.4) is 0 Å². The zero-order chi connectivity index (χ0) is 16.3. The van der Waals surface area contributed by atoms with Gasteiger partial charge in [0, 0.05) is 12.6 Å². The largest absolute Gasteiger partial charge is 0.347 e. The minimum atomic E-state index is -3.56. The van der Waals surface area contributed by atoms with Crippen molar-refractivity contribution in [3.05, 3.63) is 47.3 Å². The van der Waals surface area contributed by atoms with Crippen LogP contribution < -0.4 is 10.6 Å². The second-order valence-corrected chi connectivity index (χ2v) is 8.71. The molecule has 0 saturated carbocycles. The Morgan fingerprint density at radius 1 is 1.17 bits per heavy atom. The van der Waals surface area contributed by atoms with Gasteiger partial charge in [-0.05, 0) is 43.7 Å². The van der Waals surface area contributed by atoms with Gasteiger partial charge in [-0.15, -0.1) is 23.7 Å². The lowest BCUT2D eigenvalue weighted by Gasteiger charge is -2.23. The number of thiophene rings is 1. The van der Waals surface area contributed by atoms with Crippen LogP contribution in [0.4, 0.5) is 0 Å². The summed E-state index contributed by atoms with van der Waals surface area (Å²) in [5.74, 6) is -0.210. The Labute approximate surface area is 151 Å². The molecular weight excluding hydrogens is 368 g/mol. The fraction of sp³-hybridized carbons (Fsp3) is 0.312. The molecule has 2 heterocycles. The molecule has 3 rings (SSSR count). The molecule has 1 aromatic carbocycles. The van der Waals surface area contributed by atoms with Crippen molar-refractivity contribution in [2.75, 3.05) is 13.1 Å². The molecule has 1 aromatic heterocycles. The monoisotopic (exact) mass is 386 g/mol. The van der Waals surface area contributed by atoms with E-state index < -0.39 is 9.84 Å². The minimum absolute atomic E-state index is 0. The number of carbonyl (C=O) groups excluding carboxylic acids is 1. The lowest BCUT2D eigenvalue weighted by Crippen LogP contribution is -2.45. The molecule has 2 aromatic rings. The van der Waals surface area contributed by atoms with Crippen molar-refractivity contribution < 1.29 is 13.2 Å². The highest BCUT2D eigenvalue weighted by molar-refractivity contribution is 7.93. The van der Waals surface area contributed by atoms with Crippen molar-refractivity contribution in [3.8, 4) is 0 Å². The first-order valence-corrected chi connectivity index (χ1v) is 9.79. The molecule has 1 aliphatic heterocycles. The highest BCUT2D eigenvalue weighted by Crippen LogP contribution is 2.27. The van der Waals surface area contributed by atoms with Gasteiger partial charge >= 0.3 is 0 Å². The van der Waals surface area contributed by atoms with Crippen molar-refractivity contribution in [2.45, 2.75) is 28.0 Å². The third-order valence-corrected chi connectivity index (χ3v) is 7.10. The van der Waals surface area contributed by atoms with Crippen molar-refractivity contribution >= 4 is 39.5 Å². The second-order valence-electron chi connectivity index (χ2n) is 5.45. The van der Waals surface area contributed by atoms with E-state index in [1.54, 1.807) is 36.4 Å². The van der Waals surface area contributed by atoms with Crippen molar-refractivity contribution in [1.82, 2.24) is 10.6 Å². The summed E-state index contributed by atoms with van der Waals surface area (Å²) < 4.78 is 25.2. The Hall–Kier alpha value is -1.41. The van der Waals surface area contributed by atoms with Crippen LogP contribution in [0.15, 0.2) is 51.6 Å². The van der Waals surface area contributed by atoms with Gasteiger partial charge in [0.1, 0.15) is 4.21 Å². The average Bonchev–Trinajstić information content (AvgIpc) is 3.07. The van der Waals surface area contributed by atoms with E-state index in [9.17, 15) is 13.2 Å². The molecule has 24 heavy (non-hydrogen) atoms. The van der Waals surface area contributed by atoms with Crippen LogP contribution in [0, 0.1) is 0 Å². The lowest BCUT2D eigenvalue weighted by molar-refractivity contribution is 0.0935. The van der Waals surface area contributed by atoms with Crippen LogP contribution in [0.1, 0.15) is 22.5 Å². The van der Waals surface area contributed by atoms with Crippen LogP contribution in [0.2, 0.25) is 0 Å². The van der Waals surface area contributed by atoms with Crippen LogP contribution in [-0.2, 0) is 9.84 Å². The molecule has 1 unspecified atom stereocenters. The molecule has 0 aliphatic carbocycles. The molecule has 130 valence electrons. The number of amides is 1. The van der Waals surface area contributed by atoms with Gasteiger partial charge in [-0.3, -0.25) is 4.79 Å². The number of rotatable bonds is 4. The summed E-state index contributed by atoms with van der Waals surface area (Å²) in [5.41, 5.74) is 0. The van der Waals surface area contributed by atoms with Gasteiger partial charge in [-0.1, -0.05) is 18.2 Å². The van der Waals surface area contributed by atoms with E-state index in [0.29, 0.717) is 4.88 Å². The van der Waals surface area contributed by atoms with E-state index in [-0.39, 0.29) is 33.5 Å². The first kappa shape index (κ1) is 18.9. The Morgan fingerprint density at radius 2 is 1.92 bits per heavy atom. The van der Waals surface area contributed by atoms with E-state index in [0.717, 1.165) is 37.3 Å². The van der Waals surface area contributed by atoms with Crippen LogP contribution in [0.25, 0.3) is 0 Å². The molecule has 5 nitrogen and oxygen atoms in total. The van der Waals surface area contributed by atoms with Crippen molar-refractivity contribution in [2.24, 2.45) is 0 Å². The Bertz CT molecular complexity index is 785. The third-order valence-electron chi connectivity index (χ3n) is 3.76. The zero-order valence-electron chi connectivity index (χ0n) is 12.9. The smallest absolute Gasteiger partial charge is 0.261 e. The summed E-state index contributed by atoms with van der Waals surface area (Å²) in [6, 6.07) is 11.4. The van der Waals surface area contributed by atoms with Crippen LogP contribution >= 0.6 is 23.7 Å². The van der Waals surface area contributed by atoms with Gasteiger partial charge in [0.2, 0.25) is 9.84 Å². The number of nitrogens with one attached hydrogen (secondary N) is 2. The minimum Gasteiger partial charge on any atom is -0.347 e. The van der Waals surface area contributed by atoms with E-state index in [1.165, 1.54) is 6.07 Å². The van der Waals surface area contributed by atoms with Gasteiger partial charge in [-0.2, -0.15) is 0 Å². The van der Waals surface area contributed by atoms with Crippen molar-refractivity contribution in [1.29, 1.82) is 0 Å². The molecule has 0 bridgehead atoms. The number of benzene rings is 1. The maximum absolute atomic E-state index is 12.5. The fourth-order valence-corrected chi connectivity index (χ4v) is 5.17. The Balaban J connectivity index is 0.00000208. The van der Waals surface area contributed by atoms with E-state index in [2.05, 4.69) is 10.6 Å². The number of carbonyl (C=O) groups is 1. The summed E-state index contributed by atoms with van der Waals surface area (Å²) in [4.78, 5) is 12.9. The molecule has 0 spiro atoms. The first-order chi connectivity index (χ1) is 11.1. The van der Waals surface area contributed by atoms with Gasteiger partial charge in [-0.25, -0.2) is 8.42 Å². The number of halogens is 1. The average molecular weight is 387 g/mol. The summed E-state index contributed by atoms with van der Waals surface area (Å²) in [6.07, 6.45) is 1.97. The van der Waals surface area contributed by atoms with Crippen LogP contribution in [0.5, 0.6) is 0 Å². The normalized spacial score (nSPS) is 17.8. The summed E-state index contributed by atoms with van der Waals surface area (Å²) in [6.45, 7) is 1.73. The van der Waals surface area contributed by atoms with Gasteiger partial charge in [0.25, 0.3) is 5.91 Å². The maximum atomic E-state index is 12.5. The quantitative estimate of drug-likeness (QED) is 0.846. The van der Waals surface area contributed by atoms with Gasteiger partial charge in [0.15, 0.2) is 0 Å². The topological polar surface area (TPSA) is 75.3 Å². The molecular formula is C16H19ClN2O3S2. The third kappa shape index (κ3) is 4.16. The second kappa shape index (κ2) is 8.11. The Kier molecular flexibility index (Phi) is 6.40. The number of hydrogen-bond acceptors (Lipinski definition) is 5. The molecule has 1 fully saturated rings. The predicted octanol–water partition coefficient (Wildman–Crippen LogP) is 2.48. The zero-order valence-corrected chi connectivity index (χ0v) is 15.3. The number of hydrogen-bond donors (Lipinski definition) is 2. The molecule has 1 atom stereocenters. The number of sulfone groups is 1. The molecule has 0 radical (unpaired) electrons. The fourth-order valence-electron chi connectivity index (χ4n) is 2.53. The molecule has 1 saturated heterocycles. The molecule has 2 N–H and O–H groups in total. The standard InChI is InChI=1S/C16H18N2O3S2.ClH/c19-16(18-12-5-4-10-17-11-12)14-8-9-15(22-14)23(20,21)13-6-2-1-3-7-13;/h1-3,6-9,12,17H,4-5,10-11H2,(H,18,19);1H. The van der Waals surface area contributed by atoms with Crippen LogP contribution in [-0.4, -0.2) is 33.5 Å². The molecule has 1 aliphatic rings. The Morgan fingerprint density at radius 3 is 2.58 bits per heavy atom.